The predicted octanol–water partition coefficient (Wildman–Crippen LogP) is -1.61. The summed E-state index contributed by atoms with van der Waals surface area (Å²) in [7, 11) is 0. The predicted molar refractivity (Wildman–Crippen MR) is 75.3 cm³/mol. The number of hydrogen-bond donors (Lipinski definition) is 4. The molecule has 0 bridgehead atoms. The number of imidazole rings is 1. The molecule has 9 nitrogen and oxygen atoms in total. The van der Waals surface area contributed by atoms with E-state index in [1.54, 1.807) is 6.92 Å². The second-order valence-corrected chi connectivity index (χ2v) is 4.86. The minimum absolute atomic E-state index is 0.160. The molecule has 3 rings (SSSR count). The first kappa shape index (κ1) is 14.7. The second-order valence-electron chi connectivity index (χ2n) is 4.86. The lowest BCUT2D eigenvalue weighted by Crippen LogP contribution is -2.33. The molecule has 1 aliphatic heterocycles. The molecular formula is C13H15N5O4. The van der Waals surface area contributed by atoms with Crippen LogP contribution in [0.4, 0.5) is 5.82 Å². The Hall–Kier alpha value is -2.25. The van der Waals surface area contributed by atoms with Crippen LogP contribution in [0.25, 0.3) is 11.2 Å². The van der Waals surface area contributed by atoms with Crippen molar-refractivity contribution >= 4 is 17.0 Å². The van der Waals surface area contributed by atoms with Gasteiger partial charge in [-0.1, -0.05) is 5.92 Å². The Bertz CT molecular complexity index is 765. The maximum absolute atomic E-state index is 10.1. The quantitative estimate of drug-likeness (QED) is 0.486. The molecular weight excluding hydrogens is 290 g/mol. The summed E-state index contributed by atoms with van der Waals surface area (Å²) in [5.74, 6) is 5.76. The molecule has 1 fully saturated rings. The summed E-state index contributed by atoms with van der Waals surface area (Å²) in [6.45, 7) is 1.23. The largest absolute Gasteiger partial charge is 0.394 e. The van der Waals surface area contributed by atoms with Crippen LogP contribution in [0.3, 0.4) is 0 Å². The van der Waals surface area contributed by atoms with E-state index in [4.69, 9.17) is 15.6 Å². The first-order valence-electron chi connectivity index (χ1n) is 6.62. The zero-order valence-corrected chi connectivity index (χ0v) is 11.7. The number of rotatable bonds is 2. The second kappa shape index (κ2) is 5.51. The maximum Gasteiger partial charge on any atom is 0.208 e. The van der Waals surface area contributed by atoms with Gasteiger partial charge in [0.1, 0.15) is 23.8 Å². The fourth-order valence-electron chi connectivity index (χ4n) is 2.40. The molecule has 0 radical (unpaired) electrons. The third kappa shape index (κ3) is 2.18. The highest BCUT2D eigenvalue weighted by molar-refractivity contribution is 5.82. The van der Waals surface area contributed by atoms with E-state index in [0.717, 1.165) is 0 Å². The molecule has 2 aromatic rings. The van der Waals surface area contributed by atoms with Crippen LogP contribution in [0, 0.1) is 11.8 Å². The number of nitrogen functional groups attached to an aromatic ring is 1. The van der Waals surface area contributed by atoms with Crippen molar-refractivity contribution in [2.45, 2.75) is 31.5 Å². The number of aliphatic hydroxyl groups is 3. The van der Waals surface area contributed by atoms with Crippen molar-refractivity contribution in [2.24, 2.45) is 0 Å². The van der Waals surface area contributed by atoms with Gasteiger partial charge >= 0.3 is 0 Å². The summed E-state index contributed by atoms with van der Waals surface area (Å²) in [5, 5.41) is 29.1. The Morgan fingerprint density at radius 3 is 2.77 bits per heavy atom. The number of ether oxygens (including phenoxy) is 1. The molecule has 9 heteroatoms. The van der Waals surface area contributed by atoms with E-state index < -0.39 is 31.1 Å². The van der Waals surface area contributed by atoms with E-state index >= 15 is 0 Å². The lowest BCUT2D eigenvalue weighted by Gasteiger charge is -2.16. The van der Waals surface area contributed by atoms with Crippen LogP contribution in [0.2, 0.25) is 0 Å². The fraction of sp³-hybridized carbons (Fsp3) is 0.462. The van der Waals surface area contributed by atoms with E-state index in [-0.39, 0.29) is 11.6 Å². The van der Waals surface area contributed by atoms with Gasteiger partial charge in [0, 0.05) is 0 Å². The summed E-state index contributed by atoms with van der Waals surface area (Å²) < 4.78 is 6.91. The van der Waals surface area contributed by atoms with E-state index in [2.05, 4.69) is 26.8 Å². The van der Waals surface area contributed by atoms with Crippen molar-refractivity contribution in [3.8, 4) is 11.8 Å². The number of fused-ring (bicyclic) bond motifs is 1. The van der Waals surface area contributed by atoms with E-state index in [1.165, 1.54) is 10.9 Å². The van der Waals surface area contributed by atoms with Crippen LogP contribution in [0.1, 0.15) is 19.0 Å². The third-order valence-electron chi connectivity index (χ3n) is 3.48. The molecule has 2 aromatic heterocycles. The van der Waals surface area contributed by atoms with Crippen LogP contribution in [0.15, 0.2) is 6.33 Å². The smallest absolute Gasteiger partial charge is 0.208 e. The van der Waals surface area contributed by atoms with Crippen molar-refractivity contribution in [3.05, 3.63) is 12.2 Å². The topological polar surface area (TPSA) is 140 Å². The minimum Gasteiger partial charge on any atom is -0.394 e. The van der Waals surface area contributed by atoms with Crippen LogP contribution >= 0.6 is 0 Å². The first-order valence-corrected chi connectivity index (χ1v) is 6.62. The lowest BCUT2D eigenvalue weighted by atomic mass is 10.1. The van der Waals surface area contributed by atoms with Crippen molar-refractivity contribution in [2.75, 3.05) is 12.3 Å². The fourth-order valence-corrected chi connectivity index (χ4v) is 2.40. The number of aromatic nitrogens is 4. The average molecular weight is 305 g/mol. The van der Waals surface area contributed by atoms with Gasteiger partial charge in [-0.25, -0.2) is 15.0 Å². The van der Waals surface area contributed by atoms with Crippen LogP contribution in [0.5, 0.6) is 0 Å². The van der Waals surface area contributed by atoms with Crippen LogP contribution in [-0.4, -0.2) is 59.8 Å². The molecule has 5 N–H and O–H groups in total. The van der Waals surface area contributed by atoms with Gasteiger partial charge in [-0.3, -0.25) is 4.57 Å². The number of anilines is 1. The van der Waals surface area contributed by atoms with Crippen LogP contribution in [-0.2, 0) is 4.74 Å². The molecule has 116 valence electrons. The molecule has 3 heterocycles. The summed E-state index contributed by atoms with van der Waals surface area (Å²) >= 11 is 0. The highest BCUT2D eigenvalue weighted by atomic mass is 16.6. The van der Waals surface area contributed by atoms with Crippen molar-refractivity contribution in [1.82, 2.24) is 19.5 Å². The molecule has 0 aromatic carbocycles. The molecule has 0 saturated carbocycles. The third-order valence-corrected chi connectivity index (χ3v) is 3.48. The Balaban J connectivity index is 2.09. The zero-order chi connectivity index (χ0) is 15.9. The zero-order valence-electron chi connectivity index (χ0n) is 11.7. The monoisotopic (exact) mass is 305 g/mol. The Kier molecular flexibility index (Phi) is 3.67. The number of nitrogens with zero attached hydrogens (tertiary/aromatic N) is 4. The van der Waals surface area contributed by atoms with Gasteiger partial charge in [-0.05, 0) is 12.8 Å². The highest BCUT2D eigenvalue weighted by Gasteiger charge is 2.44. The Morgan fingerprint density at radius 2 is 2.14 bits per heavy atom. The summed E-state index contributed by atoms with van der Waals surface area (Å²) in [6, 6.07) is 0. The van der Waals surface area contributed by atoms with E-state index in [1.807, 2.05) is 0 Å². The summed E-state index contributed by atoms with van der Waals surface area (Å²) in [6.07, 6.45) is -2.87. The SMILES string of the molecule is CC#Cc1nc(N)c2ncn([C@@H]3O[C@H](CO)[C@@H](O)[C@H]3O)c2n1. The molecule has 22 heavy (non-hydrogen) atoms. The number of nitrogens with two attached hydrogens (primary N) is 1. The van der Waals surface area contributed by atoms with Gasteiger partial charge in [-0.15, -0.1) is 0 Å². The number of hydrogen-bond acceptors (Lipinski definition) is 8. The van der Waals surface area contributed by atoms with Gasteiger partial charge < -0.3 is 25.8 Å². The standard InChI is InChI=1S/C13H15N5O4/c1-2-3-7-16-11(14)8-12(17-7)18(5-15-8)13-10(21)9(20)6(4-19)22-13/h5-6,9-10,13,19-21H,4H2,1H3,(H2,14,16,17)/t6-,9-,10-,13-/m1/s1. The summed E-state index contributed by atoms with van der Waals surface area (Å²) in [4.78, 5) is 12.4. The maximum atomic E-state index is 10.1. The molecule has 0 amide bonds. The van der Waals surface area contributed by atoms with Gasteiger partial charge in [0.2, 0.25) is 5.82 Å². The number of aliphatic hydroxyl groups excluding tert-OH is 3. The molecule has 4 atom stereocenters. The van der Waals surface area contributed by atoms with E-state index in [0.29, 0.717) is 11.2 Å². The average Bonchev–Trinajstić information content (AvgIpc) is 3.03. The highest BCUT2D eigenvalue weighted by Crippen LogP contribution is 2.31. The van der Waals surface area contributed by atoms with E-state index in [9.17, 15) is 10.2 Å². The molecule has 1 saturated heterocycles. The Labute approximate surface area is 125 Å². The van der Waals surface area contributed by atoms with Crippen molar-refractivity contribution in [1.29, 1.82) is 0 Å². The molecule has 0 aliphatic carbocycles. The molecule has 0 spiro atoms. The first-order chi connectivity index (χ1) is 10.6. The lowest BCUT2D eigenvalue weighted by molar-refractivity contribution is -0.0511. The van der Waals surface area contributed by atoms with Gasteiger partial charge in [0.25, 0.3) is 0 Å². The van der Waals surface area contributed by atoms with Gasteiger partial charge in [0.05, 0.1) is 12.9 Å². The Morgan fingerprint density at radius 1 is 1.36 bits per heavy atom. The van der Waals surface area contributed by atoms with Crippen molar-refractivity contribution < 1.29 is 20.1 Å². The van der Waals surface area contributed by atoms with Crippen LogP contribution < -0.4 is 5.73 Å². The van der Waals surface area contributed by atoms with Gasteiger partial charge in [-0.2, -0.15) is 0 Å². The van der Waals surface area contributed by atoms with Gasteiger partial charge in [0.15, 0.2) is 17.7 Å². The normalized spacial score (nSPS) is 27.8. The van der Waals surface area contributed by atoms with Crippen molar-refractivity contribution in [3.63, 3.8) is 0 Å². The summed E-state index contributed by atoms with van der Waals surface area (Å²) in [5.41, 5.74) is 6.51. The molecule has 0 unspecified atom stereocenters. The molecule has 1 aliphatic rings. The minimum atomic E-state index is -1.23.